The van der Waals surface area contributed by atoms with Gasteiger partial charge < -0.3 is 15.4 Å². The second kappa shape index (κ2) is 6.97. The van der Waals surface area contributed by atoms with Crippen molar-refractivity contribution < 1.29 is 19.1 Å². The minimum atomic E-state index is -1.06. The topological polar surface area (TPSA) is 87.7 Å². The molecule has 2 unspecified atom stereocenters. The lowest BCUT2D eigenvalue weighted by Crippen LogP contribution is -2.50. The molecule has 0 radical (unpaired) electrons. The maximum Gasteiger partial charge on any atom is 0.327 e. The zero-order valence-corrected chi connectivity index (χ0v) is 13.8. The van der Waals surface area contributed by atoms with Gasteiger partial charge in [0.25, 0.3) is 5.91 Å². The average molecular weight is 340 g/mol. The van der Waals surface area contributed by atoms with E-state index in [4.69, 9.17) is 16.3 Å². The summed E-state index contributed by atoms with van der Waals surface area (Å²) in [6.07, 6.45) is -1.06. The molecule has 0 aliphatic carbocycles. The van der Waals surface area contributed by atoms with Gasteiger partial charge in [0.15, 0.2) is 0 Å². The minimum Gasteiger partial charge on any atom is -0.353 e. The number of urea groups is 1. The van der Waals surface area contributed by atoms with E-state index in [-0.39, 0.29) is 5.92 Å². The van der Waals surface area contributed by atoms with Gasteiger partial charge in [-0.2, -0.15) is 0 Å². The number of carbonyl (C=O) groups excluding carboxylic acids is 3. The highest BCUT2D eigenvalue weighted by atomic mass is 35.5. The molecule has 1 aliphatic rings. The Bertz CT molecular complexity index is 618. The first-order chi connectivity index (χ1) is 10.8. The van der Waals surface area contributed by atoms with Crippen LogP contribution in [0.15, 0.2) is 24.3 Å². The van der Waals surface area contributed by atoms with Gasteiger partial charge in [0.2, 0.25) is 12.1 Å². The lowest BCUT2D eigenvalue weighted by Gasteiger charge is -2.27. The Morgan fingerprint density at radius 1 is 1.30 bits per heavy atom. The Balaban J connectivity index is 2.21. The van der Waals surface area contributed by atoms with Crippen LogP contribution in [0.5, 0.6) is 0 Å². The molecule has 0 aromatic heterocycles. The molecule has 2 atom stereocenters. The Hall–Kier alpha value is -2.12. The number of hydrogen-bond acceptors (Lipinski definition) is 4. The van der Waals surface area contributed by atoms with E-state index in [1.165, 1.54) is 7.11 Å². The summed E-state index contributed by atoms with van der Waals surface area (Å²) in [5.74, 6) is -1.31. The van der Waals surface area contributed by atoms with E-state index in [1.807, 2.05) is 0 Å². The fourth-order valence-electron chi connectivity index (χ4n) is 2.36. The highest BCUT2D eigenvalue weighted by Gasteiger charge is 2.46. The zero-order chi connectivity index (χ0) is 17.1. The molecule has 2 rings (SSSR count). The summed E-state index contributed by atoms with van der Waals surface area (Å²) >= 11 is 5.80. The first-order valence-corrected chi connectivity index (χ1v) is 7.45. The normalized spacial score (nSPS) is 19.0. The van der Waals surface area contributed by atoms with Crippen LogP contribution >= 0.6 is 11.6 Å². The van der Waals surface area contributed by atoms with Crippen LogP contribution in [0.4, 0.5) is 10.5 Å². The number of anilines is 1. The lowest BCUT2D eigenvalue weighted by atomic mass is 10.0. The summed E-state index contributed by atoms with van der Waals surface area (Å²) in [6.45, 7) is 3.51. The Morgan fingerprint density at radius 3 is 2.39 bits per heavy atom. The van der Waals surface area contributed by atoms with Crippen LogP contribution in [0.25, 0.3) is 0 Å². The van der Waals surface area contributed by atoms with Gasteiger partial charge >= 0.3 is 6.03 Å². The van der Waals surface area contributed by atoms with Gasteiger partial charge in [-0.1, -0.05) is 25.4 Å². The quantitative estimate of drug-likeness (QED) is 0.801. The second-order valence-corrected chi connectivity index (χ2v) is 5.89. The number of carbonyl (C=O) groups is 3. The van der Waals surface area contributed by atoms with Crippen molar-refractivity contribution in [1.29, 1.82) is 0 Å². The van der Waals surface area contributed by atoms with Crippen LogP contribution in [0, 0.1) is 5.92 Å². The third-order valence-electron chi connectivity index (χ3n) is 3.46. The first-order valence-electron chi connectivity index (χ1n) is 7.08. The number of halogens is 1. The average Bonchev–Trinajstić information content (AvgIpc) is 2.77. The summed E-state index contributed by atoms with van der Waals surface area (Å²) in [4.78, 5) is 37.7. The fraction of sp³-hybridized carbons (Fsp3) is 0.400. The van der Waals surface area contributed by atoms with Crippen LogP contribution in [-0.4, -0.2) is 42.1 Å². The van der Waals surface area contributed by atoms with Crippen molar-refractivity contribution in [3.05, 3.63) is 29.3 Å². The van der Waals surface area contributed by atoms with E-state index < -0.39 is 30.1 Å². The Kier molecular flexibility index (Phi) is 5.23. The highest BCUT2D eigenvalue weighted by Crippen LogP contribution is 2.20. The molecule has 2 N–H and O–H groups in total. The molecule has 8 heteroatoms. The number of benzene rings is 1. The van der Waals surface area contributed by atoms with E-state index >= 15 is 0 Å². The molecule has 124 valence electrons. The van der Waals surface area contributed by atoms with E-state index in [9.17, 15) is 14.4 Å². The number of nitrogens with one attached hydrogen (secondary N) is 2. The van der Waals surface area contributed by atoms with Crippen molar-refractivity contribution in [2.45, 2.75) is 26.1 Å². The number of methoxy groups -OCH3 is 1. The molecule has 0 spiro atoms. The van der Waals surface area contributed by atoms with Gasteiger partial charge in [-0.05, 0) is 30.2 Å². The van der Waals surface area contributed by atoms with E-state index in [0.29, 0.717) is 10.7 Å². The molecule has 1 aromatic rings. The third-order valence-corrected chi connectivity index (χ3v) is 3.71. The molecule has 1 aliphatic heterocycles. The van der Waals surface area contributed by atoms with Crippen LogP contribution in [-0.2, 0) is 14.3 Å². The van der Waals surface area contributed by atoms with Crippen LogP contribution in [0.2, 0.25) is 5.02 Å². The molecular weight excluding hydrogens is 322 g/mol. The Morgan fingerprint density at radius 2 is 1.91 bits per heavy atom. The van der Waals surface area contributed by atoms with Crippen molar-refractivity contribution in [3.8, 4) is 0 Å². The largest absolute Gasteiger partial charge is 0.353 e. The van der Waals surface area contributed by atoms with Gasteiger partial charge in [-0.25, -0.2) is 9.69 Å². The highest BCUT2D eigenvalue weighted by molar-refractivity contribution is 6.30. The molecule has 4 amide bonds. The monoisotopic (exact) mass is 339 g/mol. The van der Waals surface area contributed by atoms with Crippen molar-refractivity contribution >= 4 is 35.1 Å². The molecule has 1 saturated heterocycles. The molecule has 0 bridgehead atoms. The minimum absolute atomic E-state index is 0.271. The molecule has 7 nitrogen and oxygen atoms in total. The van der Waals surface area contributed by atoms with E-state index in [2.05, 4.69) is 10.6 Å². The summed E-state index contributed by atoms with van der Waals surface area (Å²) in [6, 6.07) is 4.96. The van der Waals surface area contributed by atoms with Crippen LogP contribution in [0.1, 0.15) is 13.8 Å². The lowest BCUT2D eigenvalue weighted by molar-refractivity contribution is -0.141. The molecule has 23 heavy (non-hydrogen) atoms. The number of ether oxygens (including phenoxy) is 1. The maximum absolute atomic E-state index is 12.6. The number of amides is 4. The molecule has 0 saturated carbocycles. The van der Waals surface area contributed by atoms with Gasteiger partial charge in [0.1, 0.15) is 6.04 Å². The van der Waals surface area contributed by atoms with Gasteiger partial charge in [0, 0.05) is 17.8 Å². The van der Waals surface area contributed by atoms with Crippen LogP contribution < -0.4 is 10.6 Å². The Labute approximate surface area is 138 Å². The van der Waals surface area contributed by atoms with Crippen molar-refractivity contribution in [2.24, 2.45) is 5.92 Å². The number of nitrogens with zero attached hydrogens (tertiary/aromatic N) is 1. The van der Waals surface area contributed by atoms with Crippen LogP contribution in [0.3, 0.4) is 0 Å². The van der Waals surface area contributed by atoms with E-state index in [1.54, 1.807) is 38.1 Å². The third kappa shape index (κ3) is 3.62. The maximum atomic E-state index is 12.6. The van der Waals surface area contributed by atoms with Gasteiger partial charge in [-0.15, -0.1) is 0 Å². The van der Waals surface area contributed by atoms with Gasteiger partial charge in [-0.3, -0.25) is 9.59 Å². The molecule has 1 aromatic carbocycles. The van der Waals surface area contributed by atoms with Crippen molar-refractivity contribution in [1.82, 2.24) is 10.2 Å². The predicted molar refractivity (Wildman–Crippen MR) is 84.9 cm³/mol. The van der Waals surface area contributed by atoms with E-state index in [0.717, 1.165) is 4.90 Å². The standard InChI is InChI=1S/C15H18ClN3O4/c1-8(2)11(19-14(21)13(23-3)18-15(19)22)12(20)17-10-6-4-9(16)5-7-10/h4-8,11,13H,1-3H3,(H,17,20)(H,18,22). The predicted octanol–water partition coefficient (Wildman–Crippen LogP) is 1.83. The molecular formula is C15H18ClN3O4. The smallest absolute Gasteiger partial charge is 0.327 e. The number of imide groups is 1. The number of rotatable bonds is 5. The molecule has 1 heterocycles. The van der Waals surface area contributed by atoms with Crippen molar-refractivity contribution in [2.75, 3.05) is 12.4 Å². The first kappa shape index (κ1) is 17.2. The van der Waals surface area contributed by atoms with Gasteiger partial charge in [0.05, 0.1) is 0 Å². The summed E-state index contributed by atoms with van der Waals surface area (Å²) in [5, 5.41) is 5.61. The fourth-order valence-corrected chi connectivity index (χ4v) is 2.49. The summed E-state index contributed by atoms with van der Waals surface area (Å²) in [7, 11) is 1.31. The SMILES string of the molecule is COC1NC(=O)N(C(C(=O)Nc2ccc(Cl)cc2)C(C)C)C1=O. The summed E-state index contributed by atoms with van der Waals surface area (Å²) < 4.78 is 4.90. The zero-order valence-electron chi connectivity index (χ0n) is 13.0. The number of hydrogen-bond donors (Lipinski definition) is 2. The summed E-state index contributed by atoms with van der Waals surface area (Å²) in [5.41, 5.74) is 0.528. The van der Waals surface area contributed by atoms with Crippen molar-refractivity contribution in [3.63, 3.8) is 0 Å². The second-order valence-electron chi connectivity index (χ2n) is 5.46. The molecule has 1 fully saturated rings.